The topological polar surface area (TPSA) is 65.3 Å². The number of aromatic nitrogens is 1. The first kappa shape index (κ1) is 13.2. The predicted octanol–water partition coefficient (Wildman–Crippen LogP) is 3.36. The molecule has 0 N–H and O–H groups in total. The van der Waals surface area contributed by atoms with E-state index >= 15 is 0 Å². The molecule has 0 fully saturated rings. The van der Waals surface area contributed by atoms with Crippen molar-refractivity contribution in [3.63, 3.8) is 0 Å². The molecule has 19 heavy (non-hydrogen) atoms. The van der Waals surface area contributed by atoms with Crippen molar-refractivity contribution in [2.45, 2.75) is 6.61 Å². The van der Waals surface area contributed by atoms with Gasteiger partial charge in [0.1, 0.15) is 12.4 Å². The van der Waals surface area contributed by atoms with Gasteiger partial charge in [-0.15, -0.1) is 0 Å². The van der Waals surface area contributed by atoms with E-state index in [2.05, 4.69) is 4.98 Å². The first-order valence-corrected chi connectivity index (χ1v) is 5.62. The van der Waals surface area contributed by atoms with Crippen LogP contribution in [0.15, 0.2) is 36.5 Å². The summed E-state index contributed by atoms with van der Waals surface area (Å²) in [7, 11) is 0. The number of ether oxygens (including phenoxy) is 1. The molecule has 0 radical (unpaired) electrons. The first-order valence-electron chi connectivity index (χ1n) is 5.24. The second kappa shape index (κ2) is 5.62. The molecule has 7 heteroatoms. The molecule has 0 saturated carbocycles. The van der Waals surface area contributed by atoms with Gasteiger partial charge in [0.25, 0.3) is 5.69 Å². The minimum atomic E-state index is -0.594. The van der Waals surface area contributed by atoms with E-state index < -0.39 is 10.7 Å². The zero-order chi connectivity index (χ0) is 13.8. The quantitative estimate of drug-likeness (QED) is 0.490. The lowest BCUT2D eigenvalue weighted by molar-refractivity contribution is -0.385. The molecule has 0 aliphatic carbocycles. The zero-order valence-corrected chi connectivity index (χ0v) is 10.3. The highest BCUT2D eigenvalue weighted by atomic mass is 35.5. The Hall–Kier alpha value is -2.21. The smallest absolute Gasteiger partial charge is 0.276 e. The lowest BCUT2D eigenvalue weighted by atomic mass is 10.2. The van der Waals surface area contributed by atoms with Gasteiger partial charge in [-0.1, -0.05) is 11.6 Å². The van der Waals surface area contributed by atoms with E-state index in [0.717, 1.165) is 18.2 Å². The maximum absolute atomic E-state index is 13.1. The van der Waals surface area contributed by atoms with Crippen molar-refractivity contribution >= 4 is 17.3 Å². The van der Waals surface area contributed by atoms with Crippen LogP contribution in [0.4, 0.5) is 10.1 Å². The molecule has 0 unspecified atom stereocenters. The largest absolute Gasteiger partial charge is 0.485 e. The van der Waals surface area contributed by atoms with Crippen molar-refractivity contribution in [2.24, 2.45) is 0 Å². The molecule has 5 nitrogen and oxygen atoms in total. The number of pyridine rings is 1. The van der Waals surface area contributed by atoms with Gasteiger partial charge in [0.2, 0.25) is 0 Å². The maximum atomic E-state index is 13.1. The van der Waals surface area contributed by atoms with Crippen LogP contribution >= 0.6 is 11.6 Å². The van der Waals surface area contributed by atoms with Crippen LogP contribution in [0.2, 0.25) is 5.15 Å². The van der Waals surface area contributed by atoms with Gasteiger partial charge in [-0.2, -0.15) is 0 Å². The first-order chi connectivity index (χ1) is 9.08. The Bertz CT molecular complexity index is 622. The number of halogens is 2. The molecule has 1 heterocycles. The van der Waals surface area contributed by atoms with Gasteiger partial charge >= 0.3 is 0 Å². The third kappa shape index (κ3) is 3.17. The van der Waals surface area contributed by atoms with Gasteiger partial charge in [0.15, 0.2) is 10.9 Å². The van der Waals surface area contributed by atoms with Crippen molar-refractivity contribution in [2.75, 3.05) is 0 Å². The molecule has 0 saturated heterocycles. The maximum Gasteiger partial charge on any atom is 0.276 e. The van der Waals surface area contributed by atoms with E-state index in [9.17, 15) is 14.5 Å². The fraction of sp³-hybridized carbons (Fsp3) is 0.0833. The van der Waals surface area contributed by atoms with Crippen LogP contribution in [-0.2, 0) is 6.61 Å². The molecule has 2 rings (SSSR count). The molecule has 0 bridgehead atoms. The summed E-state index contributed by atoms with van der Waals surface area (Å²) in [5.41, 5.74) is -0.0775. The van der Waals surface area contributed by atoms with E-state index in [0.29, 0.717) is 0 Å². The number of hydrogen-bond acceptors (Lipinski definition) is 4. The van der Waals surface area contributed by atoms with Gasteiger partial charge in [-0.3, -0.25) is 10.1 Å². The van der Waals surface area contributed by atoms with Gasteiger partial charge in [-0.05, 0) is 24.3 Å². The van der Waals surface area contributed by atoms with Gasteiger partial charge < -0.3 is 4.74 Å². The van der Waals surface area contributed by atoms with Crippen LogP contribution in [-0.4, -0.2) is 9.91 Å². The molecule has 0 atom stereocenters. The summed E-state index contributed by atoms with van der Waals surface area (Å²) >= 11 is 5.78. The minimum Gasteiger partial charge on any atom is -0.485 e. The number of hydrogen-bond donors (Lipinski definition) is 0. The summed E-state index contributed by atoms with van der Waals surface area (Å²) in [5.74, 6) is -0.288. The lowest BCUT2D eigenvalue weighted by Crippen LogP contribution is -2.02. The molecule has 98 valence electrons. The second-order valence-corrected chi connectivity index (χ2v) is 3.97. The monoisotopic (exact) mass is 282 g/mol. The molecule has 1 aromatic heterocycles. The lowest BCUT2D eigenvalue weighted by Gasteiger charge is -2.07. The average Bonchev–Trinajstić information content (AvgIpc) is 2.37. The van der Waals surface area contributed by atoms with Crippen LogP contribution in [0.1, 0.15) is 5.56 Å². The zero-order valence-electron chi connectivity index (χ0n) is 9.55. The Morgan fingerprint density at radius 3 is 2.89 bits per heavy atom. The number of benzene rings is 1. The summed E-state index contributed by atoms with van der Waals surface area (Å²) in [6.45, 7) is -0.167. The highest BCUT2D eigenvalue weighted by Gasteiger charge is 2.15. The van der Waals surface area contributed by atoms with Crippen LogP contribution in [0, 0.1) is 15.9 Å². The number of nitro groups is 1. The van der Waals surface area contributed by atoms with Crippen LogP contribution < -0.4 is 4.74 Å². The van der Waals surface area contributed by atoms with E-state index in [1.54, 1.807) is 12.1 Å². The van der Waals surface area contributed by atoms with E-state index in [1.165, 1.54) is 6.20 Å². The standard InChI is InChI=1S/C12H8ClFN2O3/c13-12-11(2-1-5-15-12)19-7-8-6-9(14)3-4-10(8)16(17)18/h1-6H,7H2. The number of rotatable bonds is 4. The Morgan fingerprint density at radius 1 is 1.42 bits per heavy atom. The Balaban J connectivity index is 2.22. The Kier molecular flexibility index (Phi) is 3.91. The predicted molar refractivity (Wildman–Crippen MR) is 66.6 cm³/mol. The van der Waals surface area contributed by atoms with Crippen molar-refractivity contribution in [3.8, 4) is 5.75 Å². The Morgan fingerprint density at radius 2 is 2.21 bits per heavy atom. The molecule has 0 aliphatic rings. The highest BCUT2D eigenvalue weighted by molar-refractivity contribution is 6.30. The third-order valence-corrected chi connectivity index (χ3v) is 2.63. The average molecular weight is 283 g/mol. The highest BCUT2D eigenvalue weighted by Crippen LogP contribution is 2.25. The Labute approximate surface area is 112 Å². The fourth-order valence-electron chi connectivity index (χ4n) is 1.48. The summed E-state index contributed by atoms with van der Waals surface area (Å²) in [6.07, 6.45) is 1.49. The van der Waals surface area contributed by atoms with Crippen LogP contribution in [0.5, 0.6) is 5.75 Å². The molecule has 0 aliphatic heterocycles. The molecule has 0 amide bonds. The summed E-state index contributed by atoms with van der Waals surface area (Å²) in [6, 6.07) is 6.36. The van der Waals surface area contributed by atoms with Crippen molar-refractivity contribution < 1.29 is 14.1 Å². The van der Waals surface area contributed by atoms with E-state index in [-0.39, 0.29) is 28.8 Å². The van der Waals surface area contributed by atoms with Gasteiger partial charge in [0, 0.05) is 12.3 Å². The molecular weight excluding hydrogens is 275 g/mol. The fourth-order valence-corrected chi connectivity index (χ4v) is 1.66. The summed E-state index contributed by atoms with van der Waals surface area (Å²) in [4.78, 5) is 14.0. The minimum absolute atomic E-state index is 0.130. The molecule has 2 aromatic rings. The summed E-state index contributed by atoms with van der Waals surface area (Å²) in [5, 5.41) is 10.9. The van der Waals surface area contributed by atoms with Crippen molar-refractivity contribution in [1.29, 1.82) is 0 Å². The summed E-state index contributed by atoms with van der Waals surface area (Å²) < 4.78 is 18.4. The van der Waals surface area contributed by atoms with Crippen LogP contribution in [0.25, 0.3) is 0 Å². The molecule has 0 spiro atoms. The van der Waals surface area contributed by atoms with Crippen molar-refractivity contribution in [1.82, 2.24) is 4.98 Å². The third-order valence-electron chi connectivity index (χ3n) is 2.35. The van der Waals surface area contributed by atoms with Crippen molar-refractivity contribution in [3.05, 3.63) is 63.2 Å². The van der Waals surface area contributed by atoms with Gasteiger partial charge in [0.05, 0.1) is 10.5 Å². The second-order valence-electron chi connectivity index (χ2n) is 3.61. The molecule has 1 aromatic carbocycles. The normalized spacial score (nSPS) is 10.2. The number of nitro benzene ring substituents is 1. The van der Waals surface area contributed by atoms with E-state index in [4.69, 9.17) is 16.3 Å². The SMILES string of the molecule is O=[N+]([O-])c1ccc(F)cc1COc1cccnc1Cl. The molecular formula is C12H8ClFN2O3. The number of nitrogens with zero attached hydrogens (tertiary/aromatic N) is 2. The van der Waals surface area contributed by atoms with E-state index in [1.807, 2.05) is 0 Å². The van der Waals surface area contributed by atoms with Crippen LogP contribution in [0.3, 0.4) is 0 Å². The van der Waals surface area contributed by atoms with Gasteiger partial charge in [-0.25, -0.2) is 9.37 Å².